The summed E-state index contributed by atoms with van der Waals surface area (Å²) in [6.45, 7) is 4.19. The van der Waals surface area contributed by atoms with Gasteiger partial charge in [0.2, 0.25) is 0 Å². The van der Waals surface area contributed by atoms with Gasteiger partial charge in [0.05, 0.1) is 0 Å². The highest BCUT2D eigenvalue weighted by Crippen LogP contribution is 2.13. The van der Waals surface area contributed by atoms with Crippen molar-refractivity contribution in [2.24, 2.45) is 0 Å². The minimum absolute atomic E-state index is 0.907. The Morgan fingerprint density at radius 1 is 1.20 bits per heavy atom. The number of carboxylic acid groups (broad SMARTS) is 1. The van der Waals surface area contributed by atoms with E-state index in [9.17, 15) is 4.79 Å². The Kier molecular flexibility index (Phi) is 4.10. The highest BCUT2D eigenvalue weighted by Gasteiger charge is 1.97. The van der Waals surface area contributed by atoms with Gasteiger partial charge in [0.25, 0.3) is 0 Å². The number of rotatable bonds is 4. The molecule has 0 unspecified atom stereocenters. The van der Waals surface area contributed by atoms with Crippen molar-refractivity contribution in [2.45, 2.75) is 26.7 Å². The summed E-state index contributed by atoms with van der Waals surface area (Å²) in [7, 11) is 0. The van der Waals surface area contributed by atoms with Gasteiger partial charge in [-0.3, -0.25) is 0 Å². The van der Waals surface area contributed by atoms with Crippen molar-refractivity contribution in [3.63, 3.8) is 0 Å². The Morgan fingerprint density at radius 3 is 2.13 bits per heavy atom. The van der Waals surface area contributed by atoms with E-state index in [1.807, 2.05) is 12.1 Å². The minimum Gasteiger partial charge on any atom is -0.478 e. The molecule has 0 saturated carbocycles. The molecule has 1 rings (SSSR count). The fourth-order valence-electron chi connectivity index (χ4n) is 1.46. The third-order valence-corrected chi connectivity index (χ3v) is 2.31. The van der Waals surface area contributed by atoms with Crippen molar-refractivity contribution >= 4 is 12.0 Å². The Balaban J connectivity index is 3.01. The first-order valence-corrected chi connectivity index (χ1v) is 5.19. The summed E-state index contributed by atoms with van der Waals surface area (Å²) in [4.78, 5) is 10.4. The number of carboxylic acids is 1. The van der Waals surface area contributed by atoms with Gasteiger partial charge in [-0.05, 0) is 35.6 Å². The molecule has 0 bridgehead atoms. The molecule has 0 spiro atoms. The van der Waals surface area contributed by atoms with Gasteiger partial charge >= 0.3 is 5.97 Å². The van der Waals surface area contributed by atoms with Crippen LogP contribution in [0.5, 0.6) is 0 Å². The molecule has 1 aromatic rings. The number of aliphatic carboxylic acids is 1. The van der Waals surface area contributed by atoms with Crippen molar-refractivity contribution in [1.82, 2.24) is 0 Å². The first-order chi connectivity index (χ1) is 7.15. The zero-order valence-corrected chi connectivity index (χ0v) is 9.16. The minimum atomic E-state index is -0.907. The van der Waals surface area contributed by atoms with Crippen molar-refractivity contribution in [3.05, 3.63) is 41.0 Å². The van der Waals surface area contributed by atoms with Gasteiger partial charge < -0.3 is 5.11 Å². The molecular weight excluding hydrogens is 188 g/mol. The lowest BCUT2D eigenvalue weighted by molar-refractivity contribution is -0.131. The lowest BCUT2D eigenvalue weighted by Crippen LogP contribution is -1.89. The van der Waals surface area contributed by atoms with E-state index < -0.39 is 5.97 Å². The average Bonchev–Trinajstić information content (AvgIpc) is 2.25. The highest BCUT2D eigenvalue weighted by atomic mass is 16.4. The van der Waals surface area contributed by atoms with E-state index in [2.05, 4.69) is 19.9 Å². The van der Waals surface area contributed by atoms with E-state index in [0.717, 1.165) is 18.4 Å². The SMILES string of the molecule is CCc1cc(/C=C/C(=O)O)cc(CC)c1. The molecule has 80 valence electrons. The van der Waals surface area contributed by atoms with Crippen LogP contribution in [0.4, 0.5) is 0 Å². The molecule has 0 aromatic heterocycles. The molecule has 15 heavy (non-hydrogen) atoms. The molecule has 2 heteroatoms. The second-order valence-electron chi connectivity index (χ2n) is 3.46. The average molecular weight is 204 g/mol. The maximum atomic E-state index is 10.4. The number of benzene rings is 1. The number of carbonyl (C=O) groups is 1. The lowest BCUT2D eigenvalue weighted by Gasteiger charge is -2.03. The molecule has 0 amide bonds. The van der Waals surface area contributed by atoms with Crippen LogP contribution in [0.1, 0.15) is 30.5 Å². The predicted molar refractivity (Wildman–Crippen MR) is 61.9 cm³/mol. The van der Waals surface area contributed by atoms with E-state index in [1.165, 1.54) is 17.2 Å². The van der Waals surface area contributed by atoms with Crippen LogP contribution >= 0.6 is 0 Å². The molecule has 0 aliphatic heterocycles. The van der Waals surface area contributed by atoms with Gasteiger partial charge in [-0.15, -0.1) is 0 Å². The summed E-state index contributed by atoms with van der Waals surface area (Å²) in [5.74, 6) is -0.907. The zero-order chi connectivity index (χ0) is 11.3. The van der Waals surface area contributed by atoms with E-state index in [0.29, 0.717) is 0 Å². The maximum absolute atomic E-state index is 10.4. The molecular formula is C13H16O2. The van der Waals surface area contributed by atoms with Crippen molar-refractivity contribution in [1.29, 1.82) is 0 Å². The highest BCUT2D eigenvalue weighted by molar-refractivity contribution is 5.85. The number of hydrogen-bond donors (Lipinski definition) is 1. The normalized spacial score (nSPS) is 10.8. The Bertz CT molecular complexity index is 356. The first kappa shape index (κ1) is 11.5. The molecule has 0 saturated heterocycles. The molecule has 0 atom stereocenters. The van der Waals surface area contributed by atoms with Crippen LogP contribution in [0.3, 0.4) is 0 Å². The Labute approximate surface area is 90.3 Å². The van der Waals surface area contributed by atoms with Crippen molar-refractivity contribution in [2.75, 3.05) is 0 Å². The third kappa shape index (κ3) is 3.58. The molecule has 0 aliphatic carbocycles. The van der Waals surface area contributed by atoms with Crippen LogP contribution in [-0.2, 0) is 17.6 Å². The van der Waals surface area contributed by atoms with Gasteiger partial charge in [-0.25, -0.2) is 4.79 Å². The zero-order valence-electron chi connectivity index (χ0n) is 9.16. The van der Waals surface area contributed by atoms with Crippen LogP contribution in [-0.4, -0.2) is 11.1 Å². The Morgan fingerprint density at radius 2 is 1.73 bits per heavy atom. The lowest BCUT2D eigenvalue weighted by atomic mass is 10.0. The van der Waals surface area contributed by atoms with Gasteiger partial charge in [0, 0.05) is 6.08 Å². The largest absolute Gasteiger partial charge is 0.478 e. The van der Waals surface area contributed by atoms with Crippen LogP contribution in [0.2, 0.25) is 0 Å². The van der Waals surface area contributed by atoms with E-state index >= 15 is 0 Å². The molecule has 0 aliphatic rings. The van der Waals surface area contributed by atoms with Crippen LogP contribution in [0, 0.1) is 0 Å². The monoisotopic (exact) mass is 204 g/mol. The van der Waals surface area contributed by atoms with Crippen LogP contribution in [0.15, 0.2) is 24.3 Å². The summed E-state index contributed by atoms with van der Waals surface area (Å²) in [5.41, 5.74) is 3.47. The smallest absolute Gasteiger partial charge is 0.328 e. The van der Waals surface area contributed by atoms with Crippen molar-refractivity contribution < 1.29 is 9.90 Å². The predicted octanol–water partition coefficient (Wildman–Crippen LogP) is 2.91. The van der Waals surface area contributed by atoms with E-state index in [1.54, 1.807) is 6.08 Å². The van der Waals surface area contributed by atoms with Gasteiger partial charge in [-0.2, -0.15) is 0 Å². The summed E-state index contributed by atoms with van der Waals surface area (Å²) < 4.78 is 0. The van der Waals surface area contributed by atoms with Crippen LogP contribution < -0.4 is 0 Å². The number of aryl methyl sites for hydroxylation is 2. The van der Waals surface area contributed by atoms with Crippen LogP contribution in [0.25, 0.3) is 6.08 Å². The fraction of sp³-hybridized carbons (Fsp3) is 0.308. The second-order valence-corrected chi connectivity index (χ2v) is 3.46. The first-order valence-electron chi connectivity index (χ1n) is 5.19. The molecule has 0 radical (unpaired) electrons. The summed E-state index contributed by atoms with van der Waals surface area (Å²) in [6, 6.07) is 6.22. The van der Waals surface area contributed by atoms with Gasteiger partial charge in [-0.1, -0.05) is 32.0 Å². The summed E-state index contributed by atoms with van der Waals surface area (Å²) in [5, 5.41) is 8.54. The van der Waals surface area contributed by atoms with E-state index in [-0.39, 0.29) is 0 Å². The van der Waals surface area contributed by atoms with Crippen molar-refractivity contribution in [3.8, 4) is 0 Å². The second kappa shape index (κ2) is 5.35. The van der Waals surface area contributed by atoms with E-state index in [4.69, 9.17) is 5.11 Å². The van der Waals surface area contributed by atoms with Gasteiger partial charge in [0.1, 0.15) is 0 Å². The third-order valence-electron chi connectivity index (χ3n) is 2.31. The summed E-state index contributed by atoms with van der Waals surface area (Å²) in [6.07, 6.45) is 4.76. The topological polar surface area (TPSA) is 37.3 Å². The molecule has 0 heterocycles. The molecule has 2 nitrogen and oxygen atoms in total. The fourth-order valence-corrected chi connectivity index (χ4v) is 1.46. The summed E-state index contributed by atoms with van der Waals surface area (Å²) >= 11 is 0. The quantitative estimate of drug-likeness (QED) is 0.766. The standard InChI is InChI=1S/C13H16O2/c1-3-10-7-11(4-2)9-12(8-10)5-6-13(14)15/h5-9H,3-4H2,1-2H3,(H,14,15)/b6-5+. The van der Waals surface area contributed by atoms with Gasteiger partial charge in [0.15, 0.2) is 0 Å². The number of hydrogen-bond acceptors (Lipinski definition) is 1. The molecule has 1 N–H and O–H groups in total. The molecule has 1 aromatic carbocycles. The Hall–Kier alpha value is -1.57. The maximum Gasteiger partial charge on any atom is 0.328 e. The molecule has 0 fully saturated rings.